The van der Waals surface area contributed by atoms with Crippen LogP contribution in [0.2, 0.25) is 5.02 Å². The van der Waals surface area contributed by atoms with E-state index in [0.29, 0.717) is 5.02 Å². The molecule has 32 heavy (non-hydrogen) atoms. The number of halogens is 1. The van der Waals surface area contributed by atoms with E-state index in [-0.39, 0.29) is 0 Å². The molecule has 0 spiro atoms. The first-order chi connectivity index (χ1) is 15.8. The van der Waals surface area contributed by atoms with Crippen LogP contribution in [0.5, 0.6) is 0 Å². The van der Waals surface area contributed by atoms with Gasteiger partial charge in [-0.05, 0) is 64.7 Å². The van der Waals surface area contributed by atoms with Gasteiger partial charge in [0.2, 0.25) is 0 Å². The van der Waals surface area contributed by atoms with Crippen molar-refractivity contribution in [2.75, 3.05) is 4.90 Å². The van der Waals surface area contributed by atoms with Crippen LogP contribution in [-0.2, 0) is 0 Å². The Kier molecular flexibility index (Phi) is 5.74. The maximum Gasteiger partial charge on any atom is 0.0476 e. The van der Waals surface area contributed by atoms with Crippen LogP contribution < -0.4 is 4.90 Å². The molecule has 0 fully saturated rings. The summed E-state index contributed by atoms with van der Waals surface area (Å²) >= 11 is 6.35. The van der Waals surface area contributed by atoms with E-state index in [0.717, 1.165) is 17.1 Å². The summed E-state index contributed by atoms with van der Waals surface area (Å²) in [6.45, 7) is 0. The van der Waals surface area contributed by atoms with Crippen molar-refractivity contribution in [2.24, 2.45) is 0 Å². The van der Waals surface area contributed by atoms with Crippen LogP contribution in [0.1, 0.15) is 0 Å². The van der Waals surface area contributed by atoms with Crippen molar-refractivity contribution in [3.63, 3.8) is 0 Å². The quantitative estimate of drug-likeness (QED) is 0.268. The van der Waals surface area contributed by atoms with Gasteiger partial charge in [0, 0.05) is 22.1 Å². The number of rotatable bonds is 5. The SMILES string of the molecule is Clc1cccc(N(c2ccc(-c3ccccc3)cc2)c2ccc(-c3ccccc3)cc2)c1. The zero-order valence-corrected chi connectivity index (χ0v) is 18.3. The second-order valence-electron chi connectivity index (χ2n) is 7.64. The Hall–Kier alpha value is -3.81. The molecule has 0 unspecified atom stereocenters. The maximum atomic E-state index is 6.35. The number of nitrogens with zero attached hydrogens (tertiary/aromatic N) is 1. The lowest BCUT2D eigenvalue weighted by molar-refractivity contribution is 1.28. The molecule has 5 aromatic carbocycles. The molecule has 0 aliphatic heterocycles. The van der Waals surface area contributed by atoms with Gasteiger partial charge in [-0.3, -0.25) is 0 Å². The fourth-order valence-electron chi connectivity index (χ4n) is 3.93. The van der Waals surface area contributed by atoms with Crippen molar-refractivity contribution in [3.8, 4) is 22.3 Å². The lowest BCUT2D eigenvalue weighted by Crippen LogP contribution is -2.09. The second kappa shape index (κ2) is 9.13. The molecular weight excluding hydrogens is 410 g/mol. The summed E-state index contributed by atoms with van der Waals surface area (Å²) in [6, 6.07) is 46.2. The van der Waals surface area contributed by atoms with Crippen LogP contribution in [-0.4, -0.2) is 0 Å². The molecule has 5 aromatic rings. The lowest BCUT2D eigenvalue weighted by Gasteiger charge is -2.26. The van der Waals surface area contributed by atoms with E-state index in [9.17, 15) is 0 Å². The Morgan fingerprint density at radius 1 is 0.375 bits per heavy atom. The molecule has 0 saturated heterocycles. The molecule has 0 aliphatic carbocycles. The highest BCUT2D eigenvalue weighted by Crippen LogP contribution is 2.37. The molecule has 2 heteroatoms. The van der Waals surface area contributed by atoms with Gasteiger partial charge in [0.05, 0.1) is 0 Å². The van der Waals surface area contributed by atoms with Crippen molar-refractivity contribution in [2.45, 2.75) is 0 Å². The van der Waals surface area contributed by atoms with Crippen molar-refractivity contribution in [3.05, 3.63) is 138 Å². The largest absolute Gasteiger partial charge is 0.310 e. The van der Waals surface area contributed by atoms with Gasteiger partial charge in [0.25, 0.3) is 0 Å². The minimum atomic E-state index is 0.717. The first-order valence-electron chi connectivity index (χ1n) is 10.6. The summed E-state index contributed by atoms with van der Waals surface area (Å²) in [5.74, 6) is 0. The van der Waals surface area contributed by atoms with E-state index in [1.807, 2.05) is 30.3 Å². The summed E-state index contributed by atoms with van der Waals surface area (Å²) in [6.07, 6.45) is 0. The third-order valence-electron chi connectivity index (χ3n) is 5.53. The Bertz CT molecular complexity index is 1210. The standard InChI is InChI=1S/C30H22ClN/c31-27-12-7-13-30(22-27)32(28-18-14-25(15-19-28)23-8-3-1-4-9-23)29-20-16-26(17-21-29)24-10-5-2-6-11-24/h1-22H. The minimum absolute atomic E-state index is 0.717. The van der Waals surface area contributed by atoms with Gasteiger partial charge in [-0.1, -0.05) is 103 Å². The highest BCUT2D eigenvalue weighted by molar-refractivity contribution is 6.30. The monoisotopic (exact) mass is 431 g/mol. The fraction of sp³-hybridized carbons (Fsp3) is 0. The zero-order valence-electron chi connectivity index (χ0n) is 17.5. The van der Waals surface area contributed by atoms with Crippen molar-refractivity contribution in [1.82, 2.24) is 0 Å². The van der Waals surface area contributed by atoms with Gasteiger partial charge in [-0.25, -0.2) is 0 Å². The predicted molar refractivity (Wildman–Crippen MR) is 137 cm³/mol. The first kappa shape index (κ1) is 20.1. The van der Waals surface area contributed by atoms with Crippen LogP contribution in [0.15, 0.2) is 133 Å². The third-order valence-corrected chi connectivity index (χ3v) is 5.77. The van der Waals surface area contributed by atoms with E-state index in [2.05, 4.69) is 108 Å². The number of hydrogen-bond donors (Lipinski definition) is 0. The van der Waals surface area contributed by atoms with Crippen molar-refractivity contribution in [1.29, 1.82) is 0 Å². The highest BCUT2D eigenvalue weighted by atomic mass is 35.5. The summed E-state index contributed by atoms with van der Waals surface area (Å²) in [7, 11) is 0. The average Bonchev–Trinajstić information content (AvgIpc) is 2.86. The fourth-order valence-corrected chi connectivity index (χ4v) is 4.11. The van der Waals surface area contributed by atoms with E-state index >= 15 is 0 Å². The molecular formula is C30H22ClN. The number of hydrogen-bond acceptors (Lipinski definition) is 1. The van der Waals surface area contributed by atoms with Crippen LogP contribution in [0.3, 0.4) is 0 Å². The van der Waals surface area contributed by atoms with Gasteiger partial charge in [0.1, 0.15) is 0 Å². The van der Waals surface area contributed by atoms with Gasteiger partial charge in [-0.2, -0.15) is 0 Å². The minimum Gasteiger partial charge on any atom is -0.310 e. The molecule has 0 amide bonds. The summed E-state index contributed by atoms with van der Waals surface area (Å²) in [4.78, 5) is 2.23. The molecule has 0 aliphatic rings. The molecule has 0 aromatic heterocycles. The topological polar surface area (TPSA) is 3.24 Å². The van der Waals surface area contributed by atoms with Crippen LogP contribution >= 0.6 is 11.6 Å². The van der Waals surface area contributed by atoms with Crippen molar-refractivity contribution >= 4 is 28.7 Å². The van der Waals surface area contributed by atoms with Crippen LogP contribution in [0.4, 0.5) is 17.1 Å². The molecule has 0 N–H and O–H groups in total. The van der Waals surface area contributed by atoms with Gasteiger partial charge < -0.3 is 4.90 Å². The van der Waals surface area contributed by atoms with Gasteiger partial charge in [-0.15, -0.1) is 0 Å². The Morgan fingerprint density at radius 3 is 1.25 bits per heavy atom. The molecule has 0 saturated carbocycles. The van der Waals surface area contributed by atoms with Crippen LogP contribution in [0, 0.1) is 0 Å². The Labute approximate surface area is 194 Å². The Morgan fingerprint density at radius 2 is 0.812 bits per heavy atom. The van der Waals surface area contributed by atoms with Crippen LogP contribution in [0.25, 0.3) is 22.3 Å². The summed E-state index contributed by atoms with van der Waals surface area (Å²) in [5, 5.41) is 0.717. The second-order valence-corrected chi connectivity index (χ2v) is 8.08. The third kappa shape index (κ3) is 4.30. The van der Waals surface area contributed by atoms with Crippen molar-refractivity contribution < 1.29 is 0 Å². The molecule has 0 heterocycles. The zero-order chi connectivity index (χ0) is 21.8. The van der Waals surface area contributed by atoms with E-state index in [1.165, 1.54) is 22.3 Å². The summed E-state index contributed by atoms with van der Waals surface area (Å²) in [5.41, 5.74) is 8.00. The van der Waals surface area contributed by atoms with E-state index in [4.69, 9.17) is 11.6 Å². The number of benzene rings is 5. The number of anilines is 3. The average molecular weight is 432 g/mol. The molecule has 1 nitrogen and oxygen atoms in total. The maximum absolute atomic E-state index is 6.35. The molecule has 5 rings (SSSR count). The molecule has 0 radical (unpaired) electrons. The highest BCUT2D eigenvalue weighted by Gasteiger charge is 2.13. The summed E-state index contributed by atoms with van der Waals surface area (Å²) < 4.78 is 0. The normalized spacial score (nSPS) is 10.7. The molecule has 0 bridgehead atoms. The predicted octanol–water partition coefficient (Wildman–Crippen LogP) is 9.14. The molecule has 154 valence electrons. The van der Waals surface area contributed by atoms with E-state index < -0.39 is 0 Å². The molecule has 0 atom stereocenters. The smallest absolute Gasteiger partial charge is 0.0476 e. The Balaban J connectivity index is 1.54. The first-order valence-corrected chi connectivity index (χ1v) is 11.0. The lowest BCUT2D eigenvalue weighted by atomic mass is 10.0. The van der Waals surface area contributed by atoms with E-state index in [1.54, 1.807) is 0 Å². The van der Waals surface area contributed by atoms with Gasteiger partial charge in [0.15, 0.2) is 0 Å². The van der Waals surface area contributed by atoms with Gasteiger partial charge >= 0.3 is 0 Å².